The molecule has 0 saturated heterocycles. The molecule has 1 N–H and O–H groups in total. The topological polar surface area (TPSA) is 87.8 Å². The molecule has 0 aliphatic heterocycles. The molecule has 0 atom stereocenters. The van der Waals surface area contributed by atoms with E-state index in [4.69, 9.17) is 9.52 Å². The van der Waals surface area contributed by atoms with Crippen LogP contribution in [0.1, 0.15) is 36.7 Å². The summed E-state index contributed by atoms with van der Waals surface area (Å²) in [5.74, 6) is -1.23. The maximum atomic E-state index is 12.3. The zero-order valence-electron chi connectivity index (χ0n) is 10.7. The van der Waals surface area contributed by atoms with Crippen LogP contribution in [0.2, 0.25) is 0 Å². The fourth-order valence-electron chi connectivity index (χ4n) is 2.06. The number of carboxylic acids is 1. The van der Waals surface area contributed by atoms with Gasteiger partial charge in [0.05, 0.1) is 0 Å². The van der Waals surface area contributed by atoms with E-state index in [1.54, 1.807) is 6.92 Å². The molecule has 0 aromatic carbocycles. The molecule has 0 spiro atoms. The van der Waals surface area contributed by atoms with E-state index >= 15 is 0 Å². The van der Waals surface area contributed by atoms with Crippen LogP contribution in [0.5, 0.6) is 0 Å². The molecule has 1 aromatic heterocycles. The second-order valence-electron chi connectivity index (χ2n) is 4.68. The minimum Gasteiger partial charge on any atom is -0.475 e. The molecule has 106 valence electrons. The maximum Gasteiger partial charge on any atom is 0.371 e. The number of sulfonamides is 1. The first-order valence-corrected chi connectivity index (χ1v) is 7.72. The van der Waals surface area contributed by atoms with Crippen molar-refractivity contribution in [1.82, 2.24) is 4.31 Å². The molecule has 1 aliphatic carbocycles. The van der Waals surface area contributed by atoms with Gasteiger partial charge in [-0.3, -0.25) is 0 Å². The lowest BCUT2D eigenvalue weighted by Gasteiger charge is -2.30. The Labute approximate surface area is 112 Å². The van der Waals surface area contributed by atoms with E-state index in [9.17, 15) is 13.2 Å². The van der Waals surface area contributed by atoms with Gasteiger partial charge in [-0.2, -0.15) is 4.31 Å². The highest BCUT2D eigenvalue weighted by Crippen LogP contribution is 2.29. The first-order valence-electron chi connectivity index (χ1n) is 6.28. The lowest BCUT2D eigenvalue weighted by Crippen LogP contribution is -2.37. The molecular weight excluding hydrogens is 270 g/mol. The van der Waals surface area contributed by atoms with Crippen molar-refractivity contribution in [3.05, 3.63) is 17.9 Å². The summed E-state index contributed by atoms with van der Waals surface area (Å²) in [7, 11) is -3.73. The number of aromatic carboxylic acids is 1. The monoisotopic (exact) mass is 287 g/mol. The molecule has 1 fully saturated rings. The van der Waals surface area contributed by atoms with Crippen molar-refractivity contribution in [2.75, 3.05) is 13.1 Å². The second kappa shape index (κ2) is 5.34. The molecular formula is C12H17NO5S. The van der Waals surface area contributed by atoms with Gasteiger partial charge in [0.2, 0.25) is 10.9 Å². The molecule has 19 heavy (non-hydrogen) atoms. The fourth-order valence-corrected chi connectivity index (χ4v) is 3.50. The molecule has 7 heteroatoms. The number of hydrogen-bond acceptors (Lipinski definition) is 4. The fraction of sp³-hybridized carbons (Fsp3) is 0.583. The van der Waals surface area contributed by atoms with Crippen molar-refractivity contribution in [2.45, 2.75) is 31.3 Å². The summed E-state index contributed by atoms with van der Waals surface area (Å²) in [4.78, 5) is 10.7. The van der Waals surface area contributed by atoms with E-state index in [2.05, 4.69) is 0 Å². The van der Waals surface area contributed by atoms with Gasteiger partial charge in [-0.25, -0.2) is 13.2 Å². The predicted molar refractivity (Wildman–Crippen MR) is 67.4 cm³/mol. The summed E-state index contributed by atoms with van der Waals surface area (Å²) < 4.78 is 30.9. The van der Waals surface area contributed by atoms with Crippen molar-refractivity contribution in [1.29, 1.82) is 0 Å². The van der Waals surface area contributed by atoms with Gasteiger partial charge < -0.3 is 9.52 Å². The van der Waals surface area contributed by atoms with Gasteiger partial charge in [0.25, 0.3) is 10.0 Å². The predicted octanol–water partition coefficient (Wildman–Crippen LogP) is 1.79. The van der Waals surface area contributed by atoms with Crippen LogP contribution in [-0.4, -0.2) is 36.9 Å². The molecule has 2 rings (SSSR count). The van der Waals surface area contributed by atoms with Gasteiger partial charge in [-0.15, -0.1) is 0 Å². The van der Waals surface area contributed by atoms with Crippen molar-refractivity contribution in [2.24, 2.45) is 5.92 Å². The minimum atomic E-state index is -3.73. The summed E-state index contributed by atoms with van der Waals surface area (Å²) in [5, 5.41) is 8.45. The Morgan fingerprint density at radius 2 is 2.16 bits per heavy atom. The third-order valence-corrected chi connectivity index (χ3v) is 5.24. The summed E-state index contributed by atoms with van der Waals surface area (Å²) >= 11 is 0. The second-order valence-corrected chi connectivity index (χ2v) is 6.55. The lowest BCUT2D eigenvalue weighted by atomic mass is 9.85. The Kier molecular flexibility index (Phi) is 3.96. The number of carboxylic acid groups (broad SMARTS) is 1. The van der Waals surface area contributed by atoms with E-state index in [1.165, 1.54) is 10.4 Å². The van der Waals surface area contributed by atoms with Gasteiger partial charge in [-0.1, -0.05) is 13.3 Å². The van der Waals surface area contributed by atoms with Gasteiger partial charge in [0, 0.05) is 13.1 Å². The smallest absolute Gasteiger partial charge is 0.371 e. The zero-order valence-corrected chi connectivity index (χ0v) is 11.5. The molecule has 0 unspecified atom stereocenters. The van der Waals surface area contributed by atoms with Gasteiger partial charge in [0.15, 0.2) is 0 Å². The van der Waals surface area contributed by atoms with Crippen LogP contribution in [0.15, 0.2) is 21.6 Å². The van der Waals surface area contributed by atoms with E-state index in [0.29, 0.717) is 19.0 Å². The summed E-state index contributed by atoms with van der Waals surface area (Å²) in [6.45, 7) is 2.58. The third-order valence-electron chi connectivity index (χ3n) is 3.43. The quantitative estimate of drug-likeness (QED) is 0.861. The van der Waals surface area contributed by atoms with Crippen LogP contribution in [0, 0.1) is 5.92 Å². The molecule has 0 amide bonds. The molecule has 0 bridgehead atoms. The first-order chi connectivity index (χ1) is 8.95. The Balaban J connectivity index is 2.20. The molecule has 1 saturated carbocycles. The van der Waals surface area contributed by atoms with Crippen molar-refractivity contribution >= 4 is 16.0 Å². The first kappa shape index (κ1) is 14.1. The standard InChI is InChI=1S/C12H17NO5S/c1-2-13(8-9-4-3-5-9)19(16,17)11-7-6-10(18-11)12(14)15/h6-7,9H,2-5,8H2,1H3,(H,14,15). The minimum absolute atomic E-state index is 0.300. The van der Waals surface area contributed by atoms with Gasteiger partial charge in [0.1, 0.15) is 0 Å². The average molecular weight is 287 g/mol. The highest BCUT2D eigenvalue weighted by molar-refractivity contribution is 7.89. The van der Waals surface area contributed by atoms with Crippen LogP contribution < -0.4 is 0 Å². The molecule has 1 heterocycles. The number of hydrogen-bond donors (Lipinski definition) is 1. The van der Waals surface area contributed by atoms with Crippen LogP contribution in [-0.2, 0) is 10.0 Å². The number of rotatable bonds is 6. The Morgan fingerprint density at radius 3 is 2.58 bits per heavy atom. The van der Waals surface area contributed by atoms with Crippen molar-refractivity contribution in [3.63, 3.8) is 0 Å². The van der Waals surface area contributed by atoms with E-state index < -0.39 is 16.0 Å². The average Bonchev–Trinajstić information content (AvgIpc) is 2.77. The third kappa shape index (κ3) is 2.82. The summed E-state index contributed by atoms with van der Waals surface area (Å²) in [5.41, 5.74) is 0. The van der Waals surface area contributed by atoms with Crippen LogP contribution in [0.4, 0.5) is 0 Å². The molecule has 6 nitrogen and oxygen atoms in total. The van der Waals surface area contributed by atoms with Crippen molar-refractivity contribution < 1.29 is 22.7 Å². The SMILES string of the molecule is CCN(CC1CCC1)S(=O)(=O)c1ccc(C(=O)O)o1. The van der Waals surface area contributed by atoms with E-state index in [-0.39, 0.29) is 10.9 Å². The van der Waals surface area contributed by atoms with Gasteiger partial charge >= 0.3 is 5.97 Å². The summed E-state index contributed by atoms with van der Waals surface area (Å²) in [6, 6.07) is 2.36. The van der Waals surface area contributed by atoms with Crippen molar-refractivity contribution in [3.8, 4) is 0 Å². The van der Waals surface area contributed by atoms with E-state index in [1.807, 2.05) is 0 Å². The number of furan rings is 1. The Hall–Kier alpha value is -1.34. The highest BCUT2D eigenvalue weighted by Gasteiger charge is 2.31. The van der Waals surface area contributed by atoms with E-state index in [0.717, 1.165) is 25.3 Å². The number of carbonyl (C=O) groups is 1. The largest absolute Gasteiger partial charge is 0.475 e. The Bertz CT molecular complexity index is 558. The van der Waals surface area contributed by atoms with Crippen LogP contribution in [0.3, 0.4) is 0 Å². The van der Waals surface area contributed by atoms with Crippen LogP contribution in [0.25, 0.3) is 0 Å². The molecule has 0 radical (unpaired) electrons. The normalized spacial score (nSPS) is 16.5. The number of nitrogens with zero attached hydrogens (tertiary/aromatic N) is 1. The zero-order chi connectivity index (χ0) is 14.0. The Morgan fingerprint density at radius 1 is 1.47 bits per heavy atom. The lowest BCUT2D eigenvalue weighted by molar-refractivity contribution is 0.0656. The summed E-state index contributed by atoms with van der Waals surface area (Å²) in [6.07, 6.45) is 3.24. The highest BCUT2D eigenvalue weighted by atomic mass is 32.2. The van der Waals surface area contributed by atoms with Crippen LogP contribution >= 0.6 is 0 Å². The molecule has 1 aliphatic rings. The molecule has 1 aromatic rings. The maximum absolute atomic E-state index is 12.3. The van der Waals surface area contributed by atoms with Gasteiger partial charge in [-0.05, 0) is 30.9 Å².